The summed E-state index contributed by atoms with van der Waals surface area (Å²) in [5, 5.41) is 17.0. The van der Waals surface area contributed by atoms with E-state index in [9.17, 15) is 14.9 Å². The van der Waals surface area contributed by atoms with Crippen LogP contribution in [0, 0.1) is 10.1 Å². The molecule has 0 radical (unpaired) electrons. The van der Waals surface area contributed by atoms with E-state index >= 15 is 0 Å². The second kappa shape index (κ2) is 7.80. The number of nitrogens with zero attached hydrogens (tertiary/aromatic N) is 1. The first-order valence-corrected chi connectivity index (χ1v) is 6.46. The van der Waals surface area contributed by atoms with Gasteiger partial charge in [-0.15, -0.1) is 12.4 Å². The third-order valence-corrected chi connectivity index (χ3v) is 3.31. The molecule has 1 heterocycles. The van der Waals surface area contributed by atoms with E-state index in [0.29, 0.717) is 0 Å². The molecule has 0 unspecified atom stereocenters. The van der Waals surface area contributed by atoms with Crippen LogP contribution in [-0.2, 0) is 0 Å². The number of halogens is 1. The average molecular weight is 316 g/mol. The Balaban J connectivity index is 0.00000220. The minimum atomic E-state index is -0.555. The molecule has 1 aromatic carbocycles. The number of carbonyl (C=O) groups excluding carboxylic acids is 1. The van der Waals surface area contributed by atoms with E-state index in [1.807, 2.05) is 0 Å². The molecule has 21 heavy (non-hydrogen) atoms. The van der Waals surface area contributed by atoms with Crippen LogP contribution in [0.15, 0.2) is 18.2 Å². The third-order valence-electron chi connectivity index (χ3n) is 3.31. The van der Waals surface area contributed by atoms with Gasteiger partial charge in [-0.1, -0.05) is 0 Å². The van der Waals surface area contributed by atoms with E-state index in [2.05, 4.69) is 10.6 Å². The van der Waals surface area contributed by atoms with Crippen molar-refractivity contribution in [3.8, 4) is 5.75 Å². The summed E-state index contributed by atoms with van der Waals surface area (Å²) in [7, 11) is 1.36. The molecule has 2 rings (SSSR count). The number of rotatable bonds is 4. The average Bonchev–Trinajstić information content (AvgIpc) is 2.47. The molecule has 7 nitrogen and oxygen atoms in total. The number of piperidine rings is 1. The van der Waals surface area contributed by atoms with Gasteiger partial charge in [-0.3, -0.25) is 14.9 Å². The number of carbonyl (C=O) groups is 1. The maximum atomic E-state index is 12.1. The molecule has 0 atom stereocenters. The van der Waals surface area contributed by atoms with Crippen molar-refractivity contribution in [3.05, 3.63) is 33.9 Å². The predicted octanol–water partition coefficient (Wildman–Crippen LogP) is 1.51. The molecule has 0 spiro atoms. The summed E-state index contributed by atoms with van der Waals surface area (Å²) >= 11 is 0. The molecule has 1 aliphatic heterocycles. The summed E-state index contributed by atoms with van der Waals surface area (Å²) in [6.07, 6.45) is 1.73. The first-order valence-electron chi connectivity index (χ1n) is 6.46. The Morgan fingerprint density at radius 2 is 2.10 bits per heavy atom. The van der Waals surface area contributed by atoms with E-state index < -0.39 is 4.92 Å². The smallest absolute Gasteiger partial charge is 0.311 e. The Hall–Kier alpha value is -1.86. The minimum Gasteiger partial charge on any atom is -0.490 e. The van der Waals surface area contributed by atoms with Crippen molar-refractivity contribution < 1.29 is 14.5 Å². The molecule has 1 fully saturated rings. The van der Waals surface area contributed by atoms with Gasteiger partial charge in [-0.25, -0.2) is 0 Å². The molecular weight excluding hydrogens is 298 g/mol. The Bertz CT molecular complexity index is 518. The normalized spacial score (nSPS) is 14.9. The van der Waals surface area contributed by atoms with Gasteiger partial charge in [-0.2, -0.15) is 0 Å². The van der Waals surface area contributed by atoms with Crippen LogP contribution >= 0.6 is 12.4 Å². The van der Waals surface area contributed by atoms with E-state index in [-0.39, 0.29) is 41.4 Å². The van der Waals surface area contributed by atoms with Crippen molar-refractivity contribution in [1.82, 2.24) is 10.6 Å². The van der Waals surface area contributed by atoms with Crippen LogP contribution in [0.3, 0.4) is 0 Å². The number of nitro groups is 1. The highest BCUT2D eigenvalue weighted by molar-refractivity contribution is 5.95. The Morgan fingerprint density at radius 1 is 1.43 bits per heavy atom. The summed E-state index contributed by atoms with van der Waals surface area (Å²) in [5.74, 6) is -0.143. The topological polar surface area (TPSA) is 93.5 Å². The number of amides is 1. The molecule has 0 aliphatic carbocycles. The highest BCUT2D eigenvalue weighted by atomic mass is 35.5. The zero-order valence-electron chi connectivity index (χ0n) is 11.6. The lowest BCUT2D eigenvalue weighted by Gasteiger charge is -2.23. The fraction of sp³-hybridized carbons (Fsp3) is 0.462. The Morgan fingerprint density at radius 3 is 2.67 bits per heavy atom. The predicted molar refractivity (Wildman–Crippen MR) is 80.3 cm³/mol. The van der Waals surface area contributed by atoms with Gasteiger partial charge < -0.3 is 15.4 Å². The van der Waals surface area contributed by atoms with Crippen molar-refractivity contribution >= 4 is 24.0 Å². The summed E-state index contributed by atoms with van der Waals surface area (Å²) in [5.41, 5.74) is 0.0708. The Labute approximate surface area is 128 Å². The van der Waals surface area contributed by atoms with Gasteiger partial charge in [0, 0.05) is 17.7 Å². The first-order chi connectivity index (χ1) is 9.61. The molecular formula is C13H18ClN3O4. The third kappa shape index (κ3) is 4.30. The molecule has 8 heteroatoms. The van der Waals surface area contributed by atoms with Crippen molar-refractivity contribution in [2.75, 3.05) is 20.2 Å². The van der Waals surface area contributed by atoms with Crippen molar-refractivity contribution in [2.24, 2.45) is 0 Å². The van der Waals surface area contributed by atoms with Crippen molar-refractivity contribution in [3.63, 3.8) is 0 Å². The van der Waals surface area contributed by atoms with Crippen LogP contribution in [0.1, 0.15) is 23.2 Å². The van der Waals surface area contributed by atoms with Crippen molar-refractivity contribution in [2.45, 2.75) is 18.9 Å². The molecule has 1 aromatic rings. The number of benzene rings is 1. The highest BCUT2D eigenvalue weighted by Crippen LogP contribution is 2.27. The monoisotopic (exact) mass is 315 g/mol. The lowest BCUT2D eigenvalue weighted by Crippen LogP contribution is -2.42. The van der Waals surface area contributed by atoms with Gasteiger partial charge in [0.15, 0.2) is 5.75 Å². The quantitative estimate of drug-likeness (QED) is 0.649. The number of ether oxygens (including phenoxy) is 1. The lowest BCUT2D eigenvalue weighted by atomic mass is 10.1. The fourth-order valence-corrected chi connectivity index (χ4v) is 2.21. The largest absolute Gasteiger partial charge is 0.490 e. The fourth-order valence-electron chi connectivity index (χ4n) is 2.21. The molecule has 0 bridgehead atoms. The molecule has 1 saturated heterocycles. The van der Waals surface area contributed by atoms with Crippen LogP contribution in [-0.4, -0.2) is 37.1 Å². The van der Waals surface area contributed by atoms with Gasteiger partial charge in [-0.05, 0) is 38.1 Å². The number of nitro benzene ring substituents is 1. The summed E-state index contributed by atoms with van der Waals surface area (Å²) < 4.78 is 4.91. The van der Waals surface area contributed by atoms with Crippen LogP contribution in [0.5, 0.6) is 5.75 Å². The minimum absolute atomic E-state index is 0. The molecule has 2 N–H and O–H groups in total. The number of nitrogens with one attached hydrogen (secondary N) is 2. The first kappa shape index (κ1) is 17.2. The van der Waals surface area contributed by atoms with E-state index in [1.165, 1.54) is 25.3 Å². The van der Waals surface area contributed by atoms with Crippen LogP contribution < -0.4 is 15.4 Å². The zero-order valence-corrected chi connectivity index (χ0v) is 12.4. The SMILES string of the molecule is COc1ccc(C(=O)NC2CCNCC2)cc1[N+](=O)[O-].Cl. The van der Waals surface area contributed by atoms with E-state index in [4.69, 9.17) is 4.74 Å². The summed E-state index contributed by atoms with van der Waals surface area (Å²) in [6.45, 7) is 1.74. The maximum Gasteiger partial charge on any atom is 0.311 e. The van der Waals surface area contributed by atoms with Gasteiger partial charge in [0.25, 0.3) is 5.91 Å². The van der Waals surface area contributed by atoms with E-state index in [1.54, 1.807) is 0 Å². The highest BCUT2D eigenvalue weighted by Gasteiger charge is 2.20. The number of hydrogen-bond acceptors (Lipinski definition) is 5. The molecule has 1 aliphatic rings. The van der Waals surface area contributed by atoms with E-state index in [0.717, 1.165) is 25.9 Å². The molecule has 1 amide bonds. The van der Waals surface area contributed by atoms with Gasteiger partial charge >= 0.3 is 5.69 Å². The standard InChI is InChI=1S/C13H17N3O4.ClH/c1-20-12-3-2-9(8-11(12)16(18)19)13(17)15-10-4-6-14-7-5-10;/h2-3,8,10,14H,4-7H2,1H3,(H,15,17);1H. The summed E-state index contributed by atoms with van der Waals surface area (Å²) in [4.78, 5) is 22.5. The van der Waals surface area contributed by atoms with Crippen molar-refractivity contribution in [1.29, 1.82) is 0 Å². The van der Waals surface area contributed by atoms with Gasteiger partial charge in [0.1, 0.15) is 0 Å². The molecule has 116 valence electrons. The second-order valence-corrected chi connectivity index (χ2v) is 4.64. The van der Waals surface area contributed by atoms with Gasteiger partial charge in [0.05, 0.1) is 12.0 Å². The summed E-state index contributed by atoms with van der Waals surface area (Å²) in [6, 6.07) is 4.33. The van der Waals surface area contributed by atoms with Crippen LogP contribution in [0.2, 0.25) is 0 Å². The Kier molecular flexibility index (Phi) is 6.39. The van der Waals surface area contributed by atoms with Crippen LogP contribution in [0.25, 0.3) is 0 Å². The molecule has 0 saturated carbocycles. The number of methoxy groups -OCH3 is 1. The number of hydrogen-bond donors (Lipinski definition) is 2. The zero-order chi connectivity index (χ0) is 14.5. The lowest BCUT2D eigenvalue weighted by molar-refractivity contribution is -0.385. The van der Waals surface area contributed by atoms with Gasteiger partial charge in [0.2, 0.25) is 0 Å². The molecule has 0 aromatic heterocycles. The maximum absolute atomic E-state index is 12.1. The van der Waals surface area contributed by atoms with Crippen LogP contribution in [0.4, 0.5) is 5.69 Å². The second-order valence-electron chi connectivity index (χ2n) is 4.64.